The highest BCUT2D eigenvalue weighted by Gasteiger charge is 2.33. The third kappa shape index (κ3) is 5.52. The van der Waals surface area contributed by atoms with Gasteiger partial charge in [-0.3, -0.25) is 0 Å². The summed E-state index contributed by atoms with van der Waals surface area (Å²) in [5, 5.41) is 2.38. The number of methoxy groups -OCH3 is 2. The smallest absolute Gasteiger partial charge is 0.203 e. The number of rotatable bonds is 10. The molecule has 0 saturated carbocycles. The topological polar surface area (TPSA) is 116 Å². The van der Waals surface area contributed by atoms with Gasteiger partial charge in [0.05, 0.1) is 19.1 Å². The first-order valence-electron chi connectivity index (χ1n) is 9.73. The van der Waals surface area contributed by atoms with Gasteiger partial charge in [0.1, 0.15) is 17.3 Å². The van der Waals surface area contributed by atoms with E-state index < -0.39 is 21.3 Å². The van der Waals surface area contributed by atoms with Gasteiger partial charge in [0, 0.05) is 24.0 Å². The Balaban J connectivity index is 1.79. The van der Waals surface area contributed by atoms with Crippen LogP contribution in [-0.2, 0) is 16.3 Å². The molecule has 8 nitrogen and oxygen atoms in total. The maximum atomic E-state index is 13.3. The number of benzene rings is 2. The van der Waals surface area contributed by atoms with Crippen molar-refractivity contribution >= 4 is 26.5 Å². The van der Waals surface area contributed by atoms with Crippen LogP contribution in [0, 0.1) is 0 Å². The number of ether oxygens (including phenoxy) is 2. The second kappa shape index (κ2) is 10.1. The molecule has 0 aliphatic heterocycles. The van der Waals surface area contributed by atoms with Crippen molar-refractivity contribution in [2.75, 3.05) is 19.5 Å². The summed E-state index contributed by atoms with van der Waals surface area (Å²) in [6.45, 7) is 1.85. The Morgan fingerprint density at radius 1 is 1.03 bits per heavy atom. The van der Waals surface area contributed by atoms with Gasteiger partial charge in [-0.2, -0.15) is 4.37 Å². The molecule has 2 aromatic carbocycles. The summed E-state index contributed by atoms with van der Waals surface area (Å²) in [6.07, 6.45) is 1.00. The van der Waals surface area contributed by atoms with E-state index in [1.807, 2.05) is 31.2 Å². The molecular formula is C21H26N4O4S2. The Bertz CT molecular complexity index is 1080. The molecule has 1 aromatic heterocycles. The molecule has 0 bridgehead atoms. The molecule has 0 spiro atoms. The zero-order valence-electron chi connectivity index (χ0n) is 17.6. The lowest BCUT2D eigenvalue weighted by Crippen LogP contribution is -2.45. The van der Waals surface area contributed by atoms with Gasteiger partial charge < -0.3 is 20.5 Å². The summed E-state index contributed by atoms with van der Waals surface area (Å²) >= 11 is 1.11. The summed E-state index contributed by atoms with van der Waals surface area (Å²) in [7, 11) is -0.615. The molecule has 3 rings (SSSR count). The average molecular weight is 463 g/mol. The highest BCUT2D eigenvalue weighted by atomic mass is 32.2. The molecule has 31 heavy (non-hydrogen) atoms. The molecular weight excluding hydrogens is 436 g/mol. The quantitative estimate of drug-likeness (QED) is 0.472. The molecule has 0 fully saturated rings. The Hall–Kier alpha value is -2.69. The predicted octanol–water partition coefficient (Wildman–Crippen LogP) is 3.10. The van der Waals surface area contributed by atoms with Crippen LogP contribution in [0.3, 0.4) is 0 Å². The van der Waals surface area contributed by atoms with E-state index in [0.717, 1.165) is 22.8 Å². The van der Waals surface area contributed by atoms with Gasteiger partial charge >= 0.3 is 0 Å². The molecule has 0 saturated heterocycles. The summed E-state index contributed by atoms with van der Waals surface area (Å²) < 4.78 is 41.1. The number of aromatic nitrogens is 2. The number of hydrogen-bond donors (Lipinski definition) is 2. The van der Waals surface area contributed by atoms with Crippen LogP contribution in [0.5, 0.6) is 11.5 Å². The molecule has 2 atom stereocenters. The minimum atomic E-state index is -3.76. The number of nitrogens with zero attached hydrogens (tertiary/aromatic N) is 2. The summed E-state index contributed by atoms with van der Waals surface area (Å²) in [5.41, 5.74) is 7.21. The zero-order chi connectivity index (χ0) is 22.4. The van der Waals surface area contributed by atoms with E-state index >= 15 is 0 Å². The molecule has 3 N–H and O–H groups in total. The summed E-state index contributed by atoms with van der Waals surface area (Å²) in [6, 6.07) is 13.3. The fraction of sp³-hybridized carbons (Fsp3) is 0.333. The maximum absolute atomic E-state index is 13.3. The van der Waals surface area contributed by atoms with Gasteiger partial charge in [0.15, 0.2) is 5.37 Å². The van der Waals surface area contributed by atoms with Crippen LogP contribution in [0.2, 0.25) is 0 Å². The highest BCUT2D eigenvalue weighted by Crippen LogP contribution is 2.25. The van der Waals surface area contributed by atoms with Crippen LogP contribution >= 0.6 is 11.5 Å². The molecule has 0 radical (unpaired) electrons. The number of sulfone groups is 1. The van der Waals surface area contributed by atoms with Crippen molar-refractivity contribution in [1.29, 1.82) is 0 Å². The molecule has 1 heterocycles. The Morgan fingerprint density at radius 3 is 2.16 bits per heavy atom. The first-order chi connectivity index (χ1) is 14.9. The standard InChI is InChI=1S/C21H26N4O4S2/c1-4-18(22)20(31(26,27)17-11-9-16(29-3)10-12-17)24-21-23-19(25-30-21)13-14-5-7-15(28-2)8-6-14/h5-12,18,20H,4,13,22H2,1-3H3,(H,23,24,25). The van der Waals surface area contributed by atoms with E-state index in [4.69, 9.17) is 15.2 Å². The predicted molar refractivity (Wildman–Crippen MR) is 122 cm³/mol. The zero-order valence-corrected chi connectivity index (χ0v) is 19.2. The largest absolute Gasteiger partial charge is 0.497 e. The second-order valence-electron chi connectivity index (χ2n) is 6.90. The number of anilines is 1. The normalized spacial score (nSPS) is 13.4. The first-order valence-corrected chi connectivity index (χ1v) is 12.0. The van der Waals surface area contributed by atoms with Crippen molar-refractivity contribution in [3.8, 4) is 11.5 Å². The molecule has 2 unspecified atom stereocenters. The van der Waals surface area contributed by atoms with Crippen molar-refractivity contribution in [2.45, 2.75) is 36.1 Å². The fourth-order valence-corrected chi connectivity index (χ4v) is 5.40. The molecule has 0 aliphatic rings. The summed E-state index contributed by atoms with van der Waals surface area (Å²) in [5.74, 6) is 1.95. The van der Waals surface area contributed by atoms with Gasteiger partial charge in [0.2, 0.25) is 15.0 Å². The molecule has 0 aliphatic carbocycles. The Morgan fingerprint density at radius 2 is 1.61 bits per heavy atom. The molecule has 3 aromatic rings. The minimum Gasteiger partial charge on any atom is -0.497 e. The van der Waals surface area contributed by atoms with E-state index in [1.54, 1.807) is 19.2 Å². The SMILES string of the molecule is CCC(N)C(Nc1nc(Cc2ccc(OC)cc2)ns1)S(=O)(=O)c1ccc(OC)cc1. The van der Waals surface area contributed by atoms with Gasteiger partial charge in [-0.25, -0.2) is 13.4 Å². The van der Waals surface area contributed by atoms with Crippen molar-refractivity contribution < 1.29 is 17.9 Å². The highest BCUT2D eigenvalue weighted by molar-refractivity contribution is 7.92. The van der Waals surface area contributed by atoms with Gasteiger partial charge in [-0.05, 0) is 48.4 Å². The molecule has 166 valence electrons. The lowest BCUT2D eigenvalue weighted by Gasteiger charge is -2.24. The van der Waals surface area contributed by atoms with Gasteiger partial charge in [0.25, 0.3) is 0 Å². The fourth-order valence-electron chi connectivity index (χ4n) is 2.97. The minimum absolute atomic E-state index is 0.165. The van der Waals surface area contributed by atoms with Crippen molar-refractivity contribution in [3.05, 3.63) is 59.9 Å². The van der Waals surface area contributed by atoms with E-state index in [-0.39, 0.29) is 4.90 Å². The van der Waals surface area contributed by atoms with E-state index in [0.29, 0.717) is 29.5 Å². The first kappa shape index (κ1) is 23.0. The monoisotopic (exact) mass is 462 g/mol. The van der Waals surface area contributed by atoms with Crippen LogP contribution in [0.1, 0.15) is 24.7 Å². The van der Waals surface area contributed by atoms with Crippen molar-refractivity contribution in [2.24, 2.45) is 5.73 Å². The second-order valence-corrected chi connectivity index (χ2v) is 9.72. The Kier molecular flexibility index (Phi) is 7.47. The molecule has 10 heteroatoms. The lowest BCUT2D eigenvalue weighted by atomic mass is 10.1. The van der Waals surface area contributed by atoms with Gasteiger partial charge in [-0.15, -0.1) is 0 Å². The van der Waals surface area contributed by atoms with Crippen LogP contribution in [0.4, 0.5) is 5.13 Å². The maximum Gasteiger partial charge on any atom is 0.203 e. The van der Waals surface area contributed by atoms with Crippen LogP contribution in [-0.4, -0.2) is 43.4 Å². The van der Waals surface area contributed by atoms with E-state index in [1.165, 1.54) is 19.2 Å². The third-order valence-electron chi connectivity index (χ3n) is 4.84. The number of hydrogen-bond acceptors (Lipinski definition) is 9. The summed E-state index contributed by atoms with van der Waals surface area (Å²) in [4.78, 5) is 4.63. The van der Waals surface area contributed by atoms with Crippen LogP contribution in [0.15, 0.2) is 53.4 Å². The Labute approximate surface area is 186 Å². The number of nitrogens with two attached hydrogens (primary N) is 1. The molecule has 0 amide bonds. The van der Waals surface area contributed by atoms with E-state index in [9.17, 15) is 8.42 Å². The number of nitrogens with one attached hydrogen (secondary N) is 1. The lowest BCUT2D eigenvalue weighted by molar-refractivity contribution is 0.414. The van der Waals surface area contributed by atoms with Crippen molar-refractivity contribution in [1.82, 2.24) is 9.36 Å². The van der Waals surface area contributed by atoms with E-state index in [2.05, 4.69) is 14.7 Å². The average Bonchev–Trinajstić information content (AvgIpc) is 3.24. The van der Waals surface area contributed by atoms with Crippen molar-refractivity contribution in [3.63, 3.8) is 0 Å². The van der Waals surface area contributed by atoms with Crippen LogP contribution in [0.25, 0.3) is 0 Å². The van der Waals surface area contributed by atoms with Crippen LogP contribution < -0.4 is 20.5 Å². The third-order valence-corrected chi connectivity index (χ3v) is 7.59. The van der Waals surface area contributed by atoms with Gasteiger partial charge in [-0.1, -0.05) is 19.1 Å².